The molecule has 0 aliphatic heterocycles. The van der Waals surface area contributed by atoms with Gasteiger partial charge in [0.05, 0.1) is 18.8 Å². The van der Waals surface area contributed by atoms with Crippen molar-refractivity contribution in [3.05, 3.63) is 45.4 Å². The number of rotatable bonds is 4. The lowest BCUT2D eigenvalue weighted by Gasteiger charge is -2.11. The van der Waals surface area contributed by atoms with Crippen LogP contribution in [0.2, 0.25) is 0 Å². The van der Waals surface area contributed by atoms with Gasteiger partial charge >= 0.3 is 0 Å². The van der Waals surface area contributed by atoms with Gasteiger partial charge in [0.15, 0.2) is 0 Å². The average Bonchev–Trinajstić information content (AvgIpc) is 2.91. The predicted octanol–water partition coefficient (Wildman–Crippen LogP) is 3.47. The summed E-state index contributed by atoms with van der Waals surface area (Å²) in [6, 6.07) is 4.19. The molecule has 1 aliphatic carbocycles. The molecule has 20 heavy (non-hydrogen) atoms. The van der Waals surface area contributed by atoms with Crippen molar-refractivity contribution in [3.63, 3.8) is 0 Å². The predicted molar refractivity (Wildman–Crippen MR) is 82.4 cm³/mol. The van der Waals surface area contributed by atoms with E-state index >= 15 is 0 Å². The molecular weight excluding hydrogens is 268 g/mol. The lowest BCUT2D eigenvalue weighted by molar-refractivity contribution is 0.338. The van der Waals surface area contributed by atoms with Crippen LogP contribution in [0.1, 0.15) is 46.7 Å². The number of nitrogens with zero attached hydrogens (tertiary/aromatic N) is 1. The Kier molecular flexibility index (Phi) is 4.03. The first-order valence-corrected chi connectivity index (χ1v) is 8.04. The third-order valence-corrected chi connectivity index (χ3v) is 5.05. The molecule has 0 aromatic carbocycles. The smallest absolute Gasteiger partial charge is 0.137 e. The first-order chi connectivity index (χ1) is 9.78. The van der Waals surface area contributed by atoms with E-state index in [-0.39, 0.29) is 6.04 Å². The number of aryl methyl sites for hydroxylation is 2. The van der Waals surface area contributed by atoms with Gasteiger partial charge in [0.1, 0.15) is 5.75 Å². The largest absolute Gasteiger partial charge is 0.492 e. The summed E-state index contributed by atoms with van der Waals surface area (Å²) in [5.41, 5.74) is 8.93. The van der Waals surface area contributed by atoms with Crippen LogP contribution >= 0.6 is 11.3 Å². The molecular formula is C16H20N2OS. The van der Waals surface area contributed by atoms with Gasteiger partial charge in [-0.3, -0.25) is 4.98 Å². The fraction of sp³-hybridized carbons (Fsp3) is 0.438. The van der Waals surface area contributed by atoms with Crippen molar-refractivity contribution < 1.29 is 4.74 Å². The van der Waals surface area contributed by atoms with Gasteiger partial charge in [-0.25, -0.2) is 0 Å². The lowest BCUT2D eigenvalue weighted by atomic mass is 9.98. The Bertz CT molecular complexity index is 570. The molecule has 0 amide bonds. The highest BCUT2D eigenvalue weighted by atomic mass is 32.1. The molecule has 0 bridgehead atoms. The van der Waals surface area contributed by atoms with Crippen molar-refractivity contribution in [3.8, 4) is 5.75 Å². The van der Waals surface area contributed by atoms with Crippen molar-refractivity contribution in [2.24, 2.45) is 5.73 Å². The third-order valence-electron chi connectivity index (χ3n) is 3.73. The van der Waals surface area contributed by atoms with Crippen molar-refractivity contribution in [1.82, 2.24) is 4.98 Å². The van der Waals surface area contributed by atoms with Gasteiger partial charge in [-0.1, -0.05) is 0 Å². The Morgan fingerprint density at radius 1 is 1.30 bits per heavy atom. The molecule has 3 rings (SSSR count). The normalized spacial score (nSPS) is 15.7. The molecule has 106 valence electrons. The molecule has 0 saturated heterocycles. The maximum Gasteiger partial charge on any atom is 0.137 e. The van der Waals surface area contributed by atoms with Crippen LogP contribution in [-0.4, -0.2) is 11.6 Å². The first kappa shape index (κ1) is 13.6. The molecule has 3 nitrogen and oxygen atoms in total. The quantitative estimate of drug-likeness (QED) is 0.937. The number of aromatic nitrogens is 1. The second-order valence-electron chi connectivity index (χ2n) is 5.17. The fourth-order valence-electron chi connectivity index (χ4n) is 2.68. The number of pyridine rings is 1. The molecule has 0 spiro atoms. The van der Waals surface area contributed by atoms with Crippen molar-refractivity contribution in [2.75, 3.05) is 6.61 Å². The minimum Gasteiger partial charge on any atom is -0.492 e. The minimum atomic E-state index is -0.0986. The molecule has 4 heteroatoms. The Morgan fingerprint density at radius 3 is 2.95 bits per heavy atom. The van der Waals surface area contributed by atoms with E-state index in [1.807, 2.05) is 30.5 Å². The molecule has 2 N–H and O–H groups in total. The lowest BCUT2D eigenvalue weighted by Crippen LogP contribution is -2.10. The van der Waals surface area contributed by atoms with Crippen LogP contribution < -0.4 is 10.5 Å². The number of hydrogen-bond donors (Lipinski definition) is 1. The van der Waals surface area contributed by atoms with E-state index in [4.69, 9.17) is 10.5 Å². The topological polar surface area (TPSA) is 48.1 Å². The molecule has 1 unspecified atom stereocenters. The standard InChI is InChI=1S/C16H20N2OS/c1-2-19-13-7-12(9-18-10-13)16(17)15-8-11-5-3-4-6-14(11)20-15/h7-10,16H,2-6,17H2,1H3. The van der Waals surface area contributed by atoms with E-state index in [2.05, 4.69) is 11.1 Å². The van der Waals surface area contributed by atoms with Crippen molar-refractivity contribution in [2.45, 2.75) is 38.6 Å². The second-order valence-corrected chi connectivity index (χ2v) is 6.34. The van der Waals surface area contributed by atoms with E-state index in [9.17, 15) is 0 Å². The summed E-state index contributed by atoms with van der Waals surface area (Å²) in [5, 5.41) is 0. The summed E-state index contributed by atoms with van der Waals surface area (Å²) >= 11 is 1.86. The molecule has 2 heterocycles. The Balaban J connectivity index is 1.86. The second kappa shape index (κ2) is 5.94. The van der Waals surface area contributed by atoms with Crippen molar-refractivity contribution >= 4 is 11.3 Å². The molecule has 2 aromatic rings. The van der Waals surface area contributed by atoms with Gasteiger partial charge in [-0.2, -0.15) is 0 Å². The SMILES string of the molecule is CCOc1cncc(C(N)c2cc3c(s2)CCCC3)c1. The number of hydrogen-bond acceptors (Lipinski definition) is 4. The molecule has 0 saturated carbocycles. The molecule has 0 fully saturated rings. The van der Waals surface area contributed by atoms with E-state index in [1.54, 1.807) is 6.20 Å². The maximum atomic E-state index is 6.41. The zero-order chi connectivity index (χ0) is 13.9. The Hall–Kier alpha value is -1.39. The zero-order valence-corrected chi connectivity index (χ0v) is 12.6. The van der Waals surface area contributed by atoms with Gasteiger partial charge in [0.2, 0.25) is 0 Å². The average molecular weight is 288 g/mol. The Morgan fingerprint density at radius 2 is 2.15 bits per heavy atom. The van der Waals surface area contributed by atoms with Crippen LogP contribution in [0.3, 0.4) is 0 Å². The summed E-state index contributed by atoms with van der Waals surface area (Å²) < 4.78 is 5.50. The monoisotopic (exact) mass is 288 g/mol. The third kappa shape index (κ3) is 2.72. The highest BCUT2D eigenvalue weighted by molar-refractivity contribution is 7.12. The fourth-order valence-corrected chi connectivity index (χ4v) is 3.97. The van der Waals surface area contributed by atoms with Crippen LogP contribution in [0.25, 0.3) is 0 Å². The number of ether oxygens (including phenoxy) is 1. The van der Waals surface area contributed by atoms with Gasteiger partial charge in [0, 0.05) is 16.0 Å². The number of thiophene rings is 1. The first-order valence-electron chi connectivity index (χ1n) is 7.22. The highest BCUT2D eigenvalue weighted by Gasteiger charge is 2.18. The zero-order valence-electron chi connectivity index (χ0n) is 11.8. The van der Waals surface area contributed by atoms with Gasteiger partial charge < -0.3 is 10.5 Å². The number of fused-ring (bicyclic) bond motifs is 1. The molecule has 2 aromatic heterocycles. The summed E-state index contributed by atoms with van der Waals surface area (Å²) in [4.78, 5) is 7.00. The van der Waals surface area contributed by atoms with E-state index in [1.165, 1.54) is 41.0 Å². The van der Waals surface area contributed by atoms with E-state index in [0.29, 0.717) is 6.61 Å². The van der Waals surface area contributed by atoms with Gasteiger partial charge in [0.25, 0.3) is 0 Å². The van der Waals surface area contributed by atoms with E-state index < -0.39 is 0 Å². The highest BCUT2D eigenvalue weighted by Crippen LogP contribution is 2.34. The van der Waals surface area contributed by atoms with Gasteiger partial charge in [-0.15, -0.1) is 11.3 Å². The molecule has 1 atom stereocenters. The maximum absolute atomic E-state index is 6.41. The molecule has 1 aliphatic rings. The summed E-state index contributed by atoms with van der Waals surface area (Å²) in [5.74, 6) is 0.793. The van der Waals surface area contributed by atoms with Crippen LogP contribution in [0, 0.1) is 0 Å². The summed E-state index contributed by atoms with van der Waals surface area (Å²) in [6.07, 6.45) is 8.61. The van der Waals surface area contributed by atoms with Crippen LogP contribution in [0.15, 0.2) is 24.5 Å². The van der Waals surface area contributed by atoms with Crippen LogP contribution in [0.5, 0.6) is 5.75 Å². The van der Waals surface area contributed by atoms with Crippen LogP contribution in [0.4, 0.5) is 0 Å². The number of nitrogens with two attached hydrogens (primary N) is 1. The van der Waals surface area contributed by atoms with Gasteiger partial charge in [-0.05, 0) is 55.9 Å². The summed E-state index contributed by atoms with van der Waals surface area (Å²) in [7, 11) is 0. The van der Waals surface area contributed by atoms with Crippen molar-refractivity contribution in [1.29, 1.82) is 0 Å². The Labute approximate surface area is 123 Å². The van der Waals surface area contributed by atoms with E-state index in [0.717, 1.165) is 11.3 Å². The molecule has 0 radical (unpaired) electrons. The summed E-state index contributed by atoms with van der Waals surface area (Å²) in [6.45, 7) is 2.62. The van der Waals surface area contributed by atoms with Crippen LogP contribution in [-0.2, 0) is 12.8 Å². The minimum absolute atomic E-state index is 0.0986.